The monoisotopic (exact) mass is 506 g/mol. The number of aliphatic hydroxyl groups is 1. The largest absolute Gasteiger partial charge is 0.418 e. The third-order valence-electron chi connectivity index (χ3n) is 3.98. The summed E-state index contributed by atoms with van der Waals surface area (Å²) in [6.07, 6.45) is -4.92. The highest BCUT2D eigenvalue weighted by atomic mass is 32.5. The van der Waals surface area contributed by atoms with Gasteiger partial charge in [-0.25, -0.2) is 0 Å². The minimum Gasteiger partial charge on any atom is -0.379 e. The van der Waals surface area contributed by atoms with E-state index in [4.69, 9.17) is 5.26 Å². The smallest absolute Gasteiger partial charge is 0.379 e. The molecule has 0 saturated carbocycles. The maximum Gasteiger partial charge on any atom is 0.418 e. The molecule has 0 fully saturated rings. The zero-order chi connectivity index (χ0) is 24.7. The van der Waals surface area contributed by atoms with Gasteiger partial charge in [0, 0.05) is 10.6 Å². The Hall–Kier alpha value is -2.50. The first-order valence-corrected chi connectivity index (χ1v) is 11.3. The van der Waals surface area contributed by atoms with E-state index in [1.165, 1.54) is 6.07 Å². The zero-order valence-electron chi connectivity index (χ0n) is 15.9. The van der Waals surface area contributed by atoms with Crippen LogP contribution in [0.2, 0.25) is 0 Å². The second-order valence-corrected chi connectivity index (χ2v) is 10.3. The van der Waals surface area contributed by atoms with Crippen LogP contribution in [-0.2, 0) is 11.0 Å². The van der Waals surface area contributed by atoms with Crippen LogP contribution >= 0.6 is 22.0 Å². The molecular formula is C18H14F8N2O2S2. The molecule has 0 aliphatic rings. The number of nitrogens with one attached hydrogen (secondary N) is 1. The van der Waals surface area contributed by atoms with E-state index in [0.29, 0.717) is 30.0 Å². The number of rotatable bonds is 6. The van der Waals surface area contributed by atoms with Gasteiger partial charge in [0.2, 0.25) is 0 Å². The Morgan fingerprint density at radius 1 is 1.09 bits per heavy atom. The quantitative estimate of drug-likeness (QED) is 0.337. The fraction of sp³-hybridized carbons (Fsp3) is 0.222. The van der Waals surface area contributed by atoms with Crippen molar-refractivity contribution in [3.63, 3.8) is 0 Å². The highest BCUT2D eigenvalue weighted by Crippen LogP contribution is 3.02. The molecule has 0 bridgehead atoms. The van der Waals surface area contributed by atoms with E-state index in [1.54, 1.807) is 0 Å². The molecule has 176 valence electrons. The molecule has 2 aromatic rings. The van der Waals surface area contributed by atoms with Crippen LogP contribution in [0.15, 0.2) is 52.3 Å². The molecular weight excluding hydrogens is 492 g/mol. The minimum atomic E-state index is -9.85. The number of thioether (sulfide) groups is 1. The number of carbonyl (C=O) groups excluding carboxylic acids is 1. The molecule has 2 N–H and O–H groups in total. The summed E-state index contributed by atoms with van der Waals surface area (Å²) in [5.41, 5.74) is -4.64. The van der Waals surface area contributed by atoms with Crippen LogP contribution in [0.5, 0.6) is 0 Å². The van der Waals surface area contributed by atoms with Crippen molar-refractivity contribution in [2.75, 3.05) is 11.1 Å². The van der Waals surface area contributed by atoms with Gasteiger partial charge in [-0.1, -0.05) is 19.4 Å². The highest BCUT2D eigenvalue weighted by molar-refractivity contribution is 8.45. The third-order valence-corrected chi connectivity index (χ3v) is 6.46. The van der Waals surface area contributed by atoms with Crippen molar-refractivity contribution in [1.29, 1.82) is 5.26 Å². The Balaban J connectivity index is 2.15. The van der Waals surface area contributed by atoms with Gasteiger partial charge >= 0.3 is 16.4 Å². The summed E-state index contributed by atoms with van der Waals surface area (Å²) in [6.45, 7) is 0.954. The van der Waals surface area contributed by atoms with E-state index in [9.17, 15) is 42.5 Å². The lowest BCUT2D eigenvalue weighted by Crippen LogP contribution is -2.42. The SMILES string of the molecule is CC(O)(CSc1ccc(S(F)(F)(F)(F)F)cc1)C(=O)Nc1ccc(C#N)cc1C(F)(F)F. The van der Waals surface area contributed by atoms with Crippen LogP contribution in [0.4, 0.5) is 38.3 Å². The predicted molar refractivity (Wildman–Crippen MR) is 104 cm³/mol. The number of halogens is 8. The summed E-state index contributed by atoms with van der Waals surface area (Å²) >= 11 is 0.624. The normalized spacial score (nSPS) is 16.3. The van der Waals surface area contributed by atoms with Gasteiger partial charge in [-0.3, -0.25) is 4.79 Å². The third kappa shape index (κ3) is 6.50. The lowest BCUT2D eigenvalue weighted by molar-refractivity contribution is -0.137. The number of nitrogens with zero attached hydrogens (tertiary/aromatic N) is 1. The Kier molecular flexibility index (Phi) is 6.06. The summed E-state index contributed by atoms with van der Waals surface area (Å²) in [7, 11) is -9.85. The van der Waals surface area contributed by atoms with E-state index >= 15 is 0 Å². The minimum absolute atomic E-state index is 0.00183. The standard InChI is InChI=1S/C18H14F8N2O2S2/c1-17(30,10-31-12-3-5-13(6-4-12)32(22,23,24,25)26)16(29)28-15-7-2-11(9-27)8-14(15)18(19,20)21/h2-8,30H,10H2,1H3,(H,28,29). The van der Waals surface area contributed by atoms with Gasteiger partial charge in [-0.2, -0.15) is 18.4 Å². The van der Waals surface area contributed by atoms with Crippen LogP contribution in [0.3, 0.4) is 0 Å². The molecule has 4 nitrogen and oxygen atoms in total. The molecule has 2 aromatic carbocycles. The van der Waals surface area contributed by atoms with Crippen LogP contribution in [-0.4, -0.2) is 22.4 Å². The maximum absolute atomic E-state index is 13.2. The number of benzene rings is 2. The number of alkyl halides is 3. The average molecular weight is 506 g/mol. The molecule has 0 saturated heterocycles. The summed E-state index contributed by atoms with van der Waals surface area (Å²) in [5.74, 6) is -1.78. The van der Waals surface area contributed by atoms with Crippen molar-refractivity contribution < 1.29 is 42.5 Å². The molecule has 0 aliphatic carbocycles. The van der Waals surface area contributed by atoms with Crippen LogP contribution in [0, 0.1) is 11.3 Å². The number of anilines is 1. The van der Waals surface area contributed by atoms with E-state index in [1.807, 2.05) is 5.32 Å². The number of nitriles is 1. The number of hydrogen-bond donors (Lipinski definition) is 2. The van der Waals surface area contributed by atoms with Gasteiger partial charge in [0.25, 0.3) is 5.91 Å². The molecule has 14 heteroatoms. The summed E-state index contributed by atoms with van der Waals surface area (Å²) in [5, 5.41) is 21.0. The van der Waals surface area contributed by atoms with E-state index in [0.717, 1.165) is 19.1 Å². The fourth-order valence-electron chi connectivity index (χ4n) is 2.30. The van der Waals surface area contributed by atoms with Crippen LogP contribution < -0.4 is 5.32 Å². The molecule has 0 heterocycles. The molecule has 32 heavy (non-hydrogen) atoms. The maximum atomic E-state index is 13.2. The summed E-state index contributed by atoms with van der Waals surface area (Å²) in [4.78, 5) is 10.2. The topological polar surface area (TPSA) is 73.1 Å². The Morgan fingerprint density at radius 2 is 1.66 bits per heavy atom. The highest BCUT2D eigenvalue weighted by Gasteiger charge is 2.65. The van der Waals surface area contributed by atoms with E-state index in [2.05, 4.69) is 0 Å². The van der Waals surface area contributed by atoms with Gasteiger partial charge in [0.15, 0.2) is 0 Å². The first-order valence-electron chi connectivity index (χ1n) is 8.35. The second-order valence-electron chi connectivity index (χ2n) is 6.83. The Morgan fingerprint density at radius 3 is 2.12 bits per heavy atom. The van der Waals surface area contributed by atoms with E-state index < -0.39 is 49.8 Å². The van der Waals surface area contributed by atoms with Crippen molar-refractivity contribution >= 4 is 33.6 Å². The molecule has 0 radical (unpaired) electrons. The first kappa shape index (κ1) is 25.8. The van der Waals surface area contributed by atoms with Gasteiger partial charge in [0.05, 0.1) is 22.9 Å². The lowest BCUT2D eigenvalue weighted by atomic mass is 10.1. The lowest BCUT2D eigenvalue weighted by Gasteiger charge is -2.40. The van der Waals surface area contributed by atoms with Crippen molar-refractivity contribution in [3.05, 3.63) is 53.6 Å². The second kappa shape index (κ2) is 7.53. The average Bonchev–Trinajstić information content (AvgIpc) is 2.64. The summed E-state index contributed by atoms with van der Waals surface area (Å²) in [6, 6.07) is 5.64. The molecule has 0 spiro atoms. The molecule has 1 unspecified atom stereocenters. The van der Waals surface area contributed by atoms with Crippen LogP contribution in [0.1, 0.15) is 18.1 Å². The first-order chi connectivity index (χ1) is 14.2. The molecule has 0 aromatic heterocycles. The summed E-state index contributed by atoms with van der Waals surface area (Å²) < 4.78 is 103. The van der Waals surface area contributed by atoms with Gasteiger partial charge in [-0.15, -0.1) is 11.8 Å². The number of amides is 1. The van der Waals surface area contributed by atoms with Crippen molar-refractivity contribution in [3.8, 4) is 6.07 Å². The fourth-order valence-corrected chi connectivity index (χ4v) is 3.85. The molecule has 0 aliphatic heterocycles. The van der Waals surface area contributed by atoms with Crippen LogP contribution in [0.25, 0.3) is 0 Å². The predicted octanol–water partition coefficient (Wildman–Crippen LogP) is 6.72. The Labute approximate surface area is 180 Å². The van der Waals surface area contributed by atoms with Gasteiger partial charge < -0.3 is 10.4 Å². The van der Waals surface area contributed by atoms with Crippen molar-refractivity contribution in [2.45, 2.75) is 28.5 Å². The van der Waals surface area contributed by atoms with Crippen molar-refractivity contribution in [2.24, 2.45) is 0 Å². The zero-order valence-corrected chi connectivity index (χ0v) is 17.5. The molecule has 2 rings (SSSR count). The Bertz CT molecular complexity index is 1080. The van der Waals surface area contributed by atoms with Gasteiger partial charge in [0.1, 0.15) is 10.5 Å². The molecule has 1 atom stereocenters. The number of hydrogen-bond acceptors (Lipinski definition) is 4. The van der Waals surface area contributed by atoms with Gasteiger partial charge in [-0.05, 0) is 49.4 Å². The molecule has 1 amide bonds. The van der Waals surface area contributed by atoms with E-state index in [-0.39, 0.29) is 22.6 Å². The van der Waals surface area contributed by atoms with Crippen molar-refractivity contribution in [1.82, 2.24) is 0 Å². The number of carbonyl (C=O) groups is 1.